The largest absolute Gasteiger partial charge is 0.488 e. The van der Waals surface area contributed by atoms with Crippen LogP contribution in [0.5, 0.6) is 5.75 Å². The van der Waals surface area contributed by atoms with E-state index in [4.69, 9.17) is 4.74 Å². The molecule has 0 saturated carbocycles. The summed E-state index contributed by atoms with van der Waals surface area (Å²) in [7, 11) is 0. The molecule has 0 saturated heterocycles. The molecule has 7 heteroatoms. The maximum Gasteiger partial charge on any atom is 0.271 e. The number of nitrogens with zero attached hydrogens (tertiary/aromatic N) is 2. The predicted octanol–water partition coefficient (Wildman–Crippen LogP) is 5.99. The molecule has 1 amide bonds. The SMILES string of the molecule is C/C(=N\NC(=O)c1ccc(COc2ccccc2-c2ccccc2)cc1)c1cccc([N+](=O)[O-])c1. The average Bonchev–Trinajstić information content (AvgIpc) is 2.91. The number of nitro groups is 1. The van der Waals surface area contributed by atoms with Gasteiger partial charge in [0.15, 0.2) is 0 Å². The number of nitro benzene ring substituents is 1. The van der Waals surface area contributed by atoms with Crippen molar-refractivity contribution in [3.8, 4) is 16.9 Å². The predicted molar refractivity (Wildman–Crippen MR) is 135 cm³/mol. The van der Waals surface area contributed by atoms with E-state index in [2.05, 4.69) is 10.5 Å². The summed E-state index contributed by atoms with van der Waals surface area (Å²) in [4.78, 5) is 23.0. The zero-order valence-corrected chi connectivity index (χ0v) is 19.0. The molecule has 0 heterocycles. The molecule has 0 aliphatic heterocycles. The monoisotopic (exact) mass is 465 g/mol. The number of hydrogen-bond acceptors (Lipinski definition) is 5. The molecule has 0 radical (unpaired) electrons. The first-order valence-corrected chi connectivity index (χ1v) is 11.0. The van der Waals surface area contributed by atoms with E-state index < -0.39 is 4.92 Å². The summed E-state index contributed by atoms with van der Waals surface area (Å²) in [5, 5.41) is 15.0. The van der Waals surface area contributed by atoms with Crippen LogP contribution in [0.3, 0.4) is 0 Å². The minimum atomic E-state index is -0.471. The molecular weight excluding hydrogens is 442 g/mol. The number of non-ortho nitro benzene ring substituents is 1. The second kappa shape index (κ2) is 10.9. The Bertz CT molecular complexity index is 1370. The fourth-order valence-electron chi connectivity index (χ4n) is 3.47. The Hall–Kier alpha value is -4.78. The van der Waals surface area contributed by atoms with Crippen LogP contribution in [0.25, 0.3) is 11.1 Å². The molecule has 0 fully saturated rings. The van der Waals surface area contributed by atoms with Gasteiger partial charge in [-0.3, -0.25) is 14.9 Å². The van der Waals surface area contributed by atoms with E-state index in [1.54, 1.807) is 31.2 Å². The van der Waals surface area contributed by atoms with E-state index in [0.29, 0.717) is 23.4 Å². The van der Waals surface area contributed by atoms with Crippen LogP contribution in [0.4, 0.5) is 5.69 Å². The minimum Gasteiger partial charge on any atom is -0.488 e. The summed E-state index contributed by atoms with van der Waals surface area (Å²) in [5.41, 5.74) is 6.93. The number of hydrazone groups is 1. The van der Waals surface area contributed by atoms with Gasteiger partial charge >= 0.3 is 0 Å². The van der Waals surface area contributed by atoms with Gasteiger partial charge in [-0.05, 0) is 36.2 Å². The van der Waals surface area contributed by atoms with Gasteiger partial charge in [0.2, 0.25) is 0 Å². The van der Waals surface area contributed by atoms with Crippen LogP contribution in [0.2, 0.25) is 0 Å². The summed E-state index contributed by atoms with van der Waals surface area (Å²) >= 11 is 0. The first-order valence-electron chi connectivity index (χ1n) is 11.0. The first-order chi connectivity index (χ1) is 17.0. The smallest absolute Gasteiger partial charge is 0.271 e. The molecule has 0 unspecified atom stereocenters. The Morgan fingerprint density at radius 2 is 1.60 bits per heavy atom. The summed E-state index contributed by atoms with van der Waals surface area (Å²) in [6.45, 7) is 2.03. The fraction of sp³-hybridized carbons (Fsp3) is 0.0714. The van der Waals surface area contributed by atoms with E-state index in [0.717, 1.165) is 22.4 Å². The summed E-state index contributed by atoms with van der Waals surface area (Å²) in [6, 6.07) is 31.1. The van der Waals surface area contributed by atoms with Crippen molar-refractivity contribution in [3.05, 3.63) is 130 Å². The highest BCUT2D eigenvalue weighted by Crippen LogP contribution is 2.30. The van der Waals surface area contributed by atoms with Crippen LogP contribution < -0.4 is 10.2 Å². The topological polar surface area (TPSA) is 93.8 Å². The molecule has 0 aromatic heterocycles. The van der Waals surface area contributed by atoms with Crippen molar-refractivity contribution in [2.45, 2.75) is 13.5 Å². The number of para-hydroxylation sites is 1. The van der Waals surface area contributed by atoms with Crippen molar-refractivity contribution in [3.63, 3.8) is 0 Å². The maximum atomic E-state index is 12.5. The standard InChI is InChI=1S/C28H23N3O4/c1-20(24-10-7-11-25(18-24)31(33)34)29-30-28(32)23-16-14-21(15-17-23)19-35-27-13-6-5-12-26(27)22-8-3-2-4-9-22/h2-18H,19H2,1H3,(H,30,32)/b29-20+. The third-order valence-electron chi connectivity index (χ3n) is 5.38. The van der Waals surface area contributed by atoms with Gasteiger partial charge in [-0.15, -0.1) is 0 Å². The second-order valence-corrected chi connectivity index (χ2v) is 7.79. The lowest BCUT2D eigenvalue weighted by Gasteiger charge is -2.12. The fourth-order valence-corrected chi connectivity index (χ4v) is 3.47. The number of benzene rings is 4. The van der Waals surface area contributed by atoms with E-state index in [1.165, 1.54) is 12.1 Å². The molecule has 1 N–H and O–H groups in total. The summed E-state index contributed by atoms with van der Waals surface area (Å²) in [6.07, 6.45) is 0. The third-order valence-corrected chi connectivity index (χ3v) is 5.38. The van der Waals surface area contributed by atoms with E-state index in [-0.39, 0.29) is 11.6 Å². The summed E-state index contributed by atoms with van der Waals surface area (Å²) < 4.78 is 6.06. The Balaban J connectivity index is 1.38. The Morgan fingerprint density at radius 3 is 2.34 bits per heavy atom. The Morgan fingerprint density at radius 1 is 0.886 bits per heavy atom. The molecular formula is C28H23N3O4. The number of ether oxygens (including phenoxy) is 1. The van der Waals surface area contributed by atoms with Crippen LogP contribution in [0.15, 0.2) is 108 Å². The van der Waals surface area contributed by atoms with Crippen molar-refractivity contribution in [2.24, 2.45) is 5.10 Å². The van der Waals surface area contributed by atoms with Crippen molar-refractivity contribution in [1.29, 1.82) is 0 Å². The number of carbonyl (C=O) groups is 1. The number of nitrogens with one attached hydrogen (secondary N) is 1. The molecule has 4 aromatic rings. The van der Waals surface area contributed by atoms with Crippen LogP contribution in [0.1, 0.15) is 28.4 Å². The Labute approximate surface area is 202 Å². The highest BCUT2D eigenvalue weighted by atomic mass is 16.6. The van der Waals surface area contributed by atoms with Crippen molar-refractivity contribution >= 4 is 17.3 Å². The first kappa shape index (κ1) is 23.4. The molecule has 0 spiro atoms. The van der Waals surface area contributed by atoms with Crippen molar-refractivity contribution in [2.75, 3.05) is 0 Å². The molecule has 0 aliphatic rings. The van der Waals surface area contributed by atoms with E-state index in [1.807, 2.05) is 66.7 Å². The molecule has 7 nitrogen and oxygen atoms in total. The van der Waals surface area contributed by atoms with Gasteiger partial charge < -0.3 is 4.74 Å². The average molecular weight is 466 g/mol. The number of rotatable bonds is 8. The minimum absolute atomic E-state index is 0.0347. The number of amides is 1. The van der Waals surface area contributed by atoms with Crippen LogP contribution in [0, 0.1) is 10.1 Å². The number of hydrogen-bond donors (Lipinski definition) is 1. The molecule has 0 bridgehead atoms. The van der Waals surface area contributed by atoms with E-state index in [9.17, 15) is 14.9 Å². The van der Waals surface area contributed by atoms with Crippen molar-refractivity contribution < 1.29 is 14.5 Å². The van der Waals surface area contributed by atoms with Gasteiger partial charge in [-0.2, -0.15) is 5.10 Å². The lowest BCUT2D eigenvalue weighted by atomic mass is 10.0. The zero-order valence-electron chi connectivity index (χ0n) is 19.0. The lowest BCUT2D eigenvalue weighted by molar-refractivity contribution is -0.384. The second-order valence-electron chi connectivity index (χ2n) is 7.79. The van der Waals surface area contributed by atoms with Gasteiger partial charge in [-0.1, -0.05) is 72.8 Å². The van der Waals surface area contributed by atoms with Crippen LogP contribution >= 0.6 is 0 Å². The molecule has 0 aliphatic carbocycles. The van der Waals surface area contributed by atoms with Crippen LogP contribution in [-0.2, 0) is 6.61 Å². The van der Waals surface area contributed by atoms with E-state index >= 15 is 0 Å². The normalized spacial score (nSPS) is 11.1. The molecule has 4 aromatic carbocycles. The lowest BCUT2D eigenvalue weighted by Crippen LogP contribution is -2.19. The quantitative estimate of drug-likeness (QED) is 0.196. The Kier molecular flexibility index (Phi) is 7.28. The highest BCUT2D eigenvalue weighted by Gasteiger charge is 2.10. The van der Waals surface area contributed by atoms with Gasteiger partial charge in [0.05, 0.1) is 10.6 Å². The molecule has 4 rings (SSSR count). The van der Waals surface area contributed by atoms with Gasteiger partial charge in [0.25, 0.3) is 11.6 Å². The van der Waals surface area contributed by atoms with Gasteiger partial charge in [-0.25, -0.2) is 5.43 Å². The maximum absolute atomic E-state index is 12.5. The van der Waals surface area contributed by atoms with Crippen LogP contribution in [-0.4, -0.2) is 16.5 Å². The van der Waals surface area contributed by atoms with Crippen molar-refractivity contribution in [1.82, 2.24) is 5.43 Å². The third kappa shape index (κ3) is 5.97. The highest BCUT2D eigenvalue weighted by molar-refractivity contribution is 6.01. The van der Waals surface area contributed by atoms with Gasteiger partial charge in [0.1, 0.15) is 12.4 Å². The number of carbonyl (C=O) groups excluding carboxylic acids is 1. The summed E-state index contributed by atoms with van der Waals surface area (Å²) in [5.74, 6) is 0.406. The molecule has 174 valence electrons. The zero-order chi connectivity index (χ0) is 24.6. The van der Waals surface area contributed by atoms with Gasteiger partial charge in [0, 0.05) is 28.8 Å². The molecule has 0 atom stereocenters. The molecule has 35 heavy (non-hydrogen) atoms.